The summed E-state index contributed by atoms with van der Waals surface area (Å²) in [5.41, 5.74) is 10.3. The van der Waals surface area contributed by atoms with E-state index < -0.39 is 106 Å². The fourth-order valence-electron chi connectivity index (χ4n) is 12.3. The van der Waals surface area contributed by atoms with E-state index in [-0.39, 0.29) is 60.0 Å². The van der Waals surface area contributed by atoms with E-state index in [9.17, 15) is 20.2 Å². The number of nitrogens with two attached hydrogens (primary N) is 2. The first-order valence-electron chi connectivity index (χ1n) is 23.8. The molecule has 5 aliphatic heterocycles. The van der Waals surface area contributed by atoms with Gasteiger partial charge in [-0.2, -0.15) is 0 Å². The molecule has 0 aromatic heterocycles. The van der Waals surface area contributed by atoms with Crippen LogP contribution in [-0.2, 0) is 39.7 Å². The van der Waals surface area contributed by atoms with Gasteiger partial charge >= 0.3 is 5.97 Å². The number of carbonyl (C=O) groups excluding carboxylic acids is 3. The molecular weight excluding hydrogens is 891 g/mol. The SMILES string of the molecule is C=C(N)C(/C(N)=N\O)C1C2CC3C(C)(C)OC(C/C=C(/C)C(=O)OC)(C2=O)C32Oc3c(CC=C(C)C)c4c(c(O[C@H]5O[C@H]6COC(C)(C)O[C@@H]6[C@@H](O)[C@@H]5O)c3C(=O)C12)C=CC(C)(CCC=C(C)C)O4. The molecule has 3 saturated carbocycles. The number of esters is 1. The van der Waals surface area contributed by atoms with Gasteiger partial charge in [0.1, 0.15) is 58.7 Å². The van der Waals surface area contributed by atoms with Crippen molar-refractivity contribution >= 4 is 29.4 Å². The van der Waals surface area contributed by atoms with Gasteiger partial charge < -0.3 is 64.8 Å². The predicted octanol–water partition coefficient (Wildman–Crippen LogP) is 5.74. The van der Waals surface area contributed by atoms with Crippen molar-refractivity contribution < 1.29 is 67.7 Å². The number of Topliss-reactive ketones (excluding diaryl/α,β-unsaturated/α-hetero) is 2. The quantitative estimate of drug-likeness (QED) is 0.0301. The van der Waals surface area contributed by atoms with E-state index >= 15 is 9.59 Å². The van der Waals surface area contributed by atoms with Crippen LogP contribution in [0.25, 0.3) is 6.08 Å². The number of rotatable bonds is 13. The Balaban J connectivity index is 1.43. The maximum Gasteiger partial charge on any atom is 0.333 e. The summed E-state index contributed by atoms with van der Waals surface area (Å²) < 4.78 is 52.1. The standard InChI is InChI=1S/C52H69N3O14/c1-24(2)14-13-19-50(11)20-18-29-40(67-50)28(16-15-25(3)4)42-35(41(29)65-47-39(58)38(57)43-31(64-47)23-63-49(9,10)66-43)37(56)36-34(33(27(6)53)45(54)55-61)30-22-32-48(7,8)69-51(44(30)59,52(32,36)68-42)21-17-26(5)46(60)62-12/h14-15,17-18,20,30-34,36,38-39,43,47,57-58,61H,6,13,16,19,21-23,53H2,1-5,7-12H3,(H2,54,55)/b26-17-/t30?,31-,32?,33?,34?,36?,38-,39-,43-,47+,50?,51?,52?/m0/s1. The van der Waals surface area contributed by atoms with Gasteiger partial charge in [-0.15, -0.1) is 0 Å². The minimum atomic E-state index is -1.89. The zero-order valence-corrected chi connectivity index (χ0v) is 41.5. The number of hydrogen-bond donors (Lipinski definition) is 5. The summed E-state index contributed by atoms with van der Waals surface area (Å²) in [4.78, 5) is 45.3. The van der Waals surface area contributed by atoms with E-state index in [0.29, 0.717) is 29.7 Å². The number of fused-ring (bicyclic) bond motifs is 3. The average Bonchev–Trinajstić information content (AvgIpc) is 3.41. The second kappa shape index (κ2) is 17.7. The van der Waals surface area contributed by atoms with Crippen LogP contribution in [0.3, 0.4) is 0 Å². The molecule has 5 heterocycles. The molecule has 0 amide bonds. The van der Waals surface area contributed by atoms with Crippen molar-refractivity contribution in [1.29, 1.82) is 0 Å². The summed E-state index contributed by atoms with van der Waals surface area (Å²) in [7, 11) is 1.26. The molecule has 1 spiro atoms. The maximum absolute atomic E-state index is 16.7. The normalized spacial score (nSPS) is 36.1. The molecule has 8 unspecified atom stereocenters. The number of carbonyl (C=O) groups is 3. The number of allylic oxidation sites excluding steroid dienone is 4. The fourth-order valence-corrected chi connectivity index (χ4v) is 12.3. The molecule has 7 N–H and O–H groups in total. The Hall–Kier alpha value is -5.04. The Morgan fingerprint density at radius 3 is 2.33 bits per heavy atom. The molecule has 0 radical (unpaired) electrons. The zero-order valence-electron chi connectivity index (χ0n) is 41.5. The van der Waals surface area contributed by atoms with Crippen molar-refractivity contribution in [1.82, 2.24) is 0 Å². The van der Waals surface area contributed by atoms with Crippen molar-refractivity contribution in [3.63, 3.8) is 0 Å². The lowest BCUT2D eigenvalue weighted by atomic mass is 9.41. The van der Waals surface area contributed by atoms with Crippen molar-refractivity contribution in [2.24, 2.45) is 46.2 Å². The van der Waals surface area contributed by atoms with E-state index in [0.717, 1.165) is 11.1 Å². The molecule has 4 bridgehead atoms. The van der Waals surface area contributed by atoms with Crippen LogP contribution >= 0.6 is 0 Å². The zero-order chi connectivity index (χ0) is 50.5. The molecule has 9 rings (SSSR count). The van der Waals surface area contributed by atoms with E-state index in [2.05, 4.69) is 17.8 Å². The van der Waals surface area contributed by atoms with Crippen molar-refractivity contribution in [3.05, 3.63) is 70.0 Å². The summed E-state index contributed by atoms with van der Waals surface area (Å²) in [5, 5.41) is 37.1. The summed E-state index contributed by atoms with van der Waals surface area (Å²) >= 11 is 0. The highest BCUT2D eigenvalue weighted by atomic mass is 16.8. The molecule has 17 nitrogen and oxygen atoms in total. The monoisotopic (exact) mass is 959 g/mol. The lowest BCUT2D eigenvalue weighted by molar-refractivity contribution is -0.373. The topological polar surface area (TPSA) is 250 Å². The number of hydrogen-bond acceptors (Lipinski definition) is 16. The Kier molecular flexibility index (Phi) is 12.9. The van der Waals surface area contributed by atoms with Crippen molar-refractivity contribution in [2.45, 2.75) is 160 Å². The van der Waals surface area contributed by atoms with Gasteiger partial charge in [0.05, 0.1) is 36.7 Å². The van der Waals surface area contributed by atoms with E-state index in [4.69, 9.17) is 49.4 Å². The minimum absolute atomic E-state index is 0.00268. The number of oxime groups is 1. The third-order valence-corrected chi connectivity index (χ3v) is 15.4. The van der Waals surface area contributed by atoms with Gasteiger partial charge in [0.25, 0.3) is 0 Å². The van der Waals surface area contributed by atoms with Gasteiger partial charge in [0, 0.05) is 35.1 Å². The number of aliphatic hydroxyl groups is 2. The first kappa shape index (κ1) is 50.4. The Morgan fingerprint density at radius 1 is 1.00 bits per heavy atom. The van der Waals surface area contributed by atoms with E-state index in [1.807, 2.05) is 66.7 Å². The highest BCUT2D eigenvalue weighted by Crippen LogP contribution is 2.73. The van der Waals surface area contributed by atoms with Crippen molar-refractivity contribution in [2.75, 3.05) is 13.7 Å². The van der Waals surface area contributed by atoms with Gasteiger partial charge in [0.2, 0.25) is 6.29 Å². The van der Waals surface area contributed by atoms with Crippen LogP contribution in [-0.4, -0.2) is 111 Å². The number of aliphatic hydroxyl groups excluding tert-OH is 2. The molecule has 376 valence electrons. The first-order chi connectivity index (χ1) is 32.3. The number of methoxy groups -OCH3 is 1. The predicted molar refractivity (Wildman–Crippen MR) is 252 cm³/mol. The molecule has 1 aromatic carbocycles. The van der Waals surface area contributed by atoms with E-state index in [1.165, 1.54) is 7.11 Å². The molecule has 6 fully saturated rings. The molecular formula is C52H69N3O14. The highest BCUT2D eigenvalue weighted by Gasteiger charge is 2.86. The molecule has 1 aromatic rings. The summed E-state index contributed by atoms with van der Waals surface area (Å²) in [6.45, 7) is 22.6. The Morgan fingerprint density at radius 2 is 1.70 bits per heavy atom. The number of ether oxygens (including phenoxy) is 8. The van der Waals surface area contributed by atoms with Crippen LogP contribution in [0.5, 0.6) is 17.2 Å². The number of ketones is 2. The summed E-state index contributed by atoms with van der Waals surface area (Å²) in [6, 6.07) is 0. The lowest BCUT2D eigenvalue weighted by Gasteiger charge is -2.64. The van der Waals surface area contributed by atoms with E-state index in [1.54, 1.807) is 26.8 Å². The third kappa shape index (κ3) is 8.01. The highest BCUT2D eigenvalue weighted by molar-refractivity contribution is 6.11. The van der Waals surface area contributed by atoms with Gasteiger partial charge in [-0.05, 0) is 113 Å². The minimum Gasteiger partial charge on any atom is -0.482 e. The van der Waals surface area contributed by atoms with Crippen LogP contribution in [0.1, 0.15) is 116 Å². The largest absolute Gasteiger partial charge is 0.482 e. The second-order valence-electron chi connectivity index (χ2n) is 21.5. The smallest absolute Gasteiger partial charge is 0.333 e. The number of nitrogens with zero attached hydrogens (tertiary/aromatic N) is 1. The fraction of sp³-hybridized carbons (Fsp3) is 0.615. The number of amidine groups is 1. The molecule has 3 saturated heterocycles. The second-order valence-corrected chi connectivity index (χ2v) is 21.5. The van der Waals surface area contributed by atoms with Crippen LogP contribution in [0, 0.1) is 29.6 Å². The molecule has 13 atom stereocenters. The summed E-state index contributed by atoms with van der Waals surface area (Å²) in [5.74, 6) is -7.92. The number of benzene rings is 1. The van der Waals surface area contributed by atoms with Gasteiger partial charge in [-0.25, -0.2) is 4.79 Å². The third-order valence-electron chi connectivity index (χ3n) is 15.4. The molecule has 3 aliphatic carbocycles. The van der Waals surface area contributed by atoms with Gasteiger partial charge in [-0.1, -0.05) is 41.1 Å². The lowest BCUT2D eigenvalue weighted by Crippen LogP contribution is -2.79. The average molecular weight is 960 g/mol. The Labute approximate surface area is 403 Å². The van der Waals surface area contributed by atoms with Gasteiger partial charge in [-0.3, -0.25) is 9.59 Å². The first-order valence-corrected chi connectivity index (χ1v) is 23.8. The molecule has 8 aliphatic rings. The van der Waals surface area contributed by atoms with Gasteiger partial charge in [0.15, 0.2) is 28.6 Å². The molecule has 17 heteroatoms. The van der Waals surface area contributed by atoms with Crippen molar-refractivity contribution in [3.8, 4) is 17.2 Å². The maximum atomic E-state index is 16.7. The molecule has 69 heavy (non-hydrogen) atoms. The van der Waals surface area contributed by atoms with Crippen LogP contribution in [0.4, 0.5) is 0 Å². The van der Waals surface area contributed by atoms with Crippen LogP contribution in [0.15, 0.2) is 58.5 Å². The van der Waals surface area contributed by atoms with Crippen LogP contribution < -0.4 is 25.7 Å². The van der Waals surface area contributed by atoms with Crippen LogP contribution in [0.2, 0.25) is 0 Å². The summed E-state index contributed by atoms with van der Waals surface area (Å²) in [6.07, 6.45) is 4.22. The Bertz CT molecular complexity index is 2480.